The molecular formula is C29H48N2O14. The minimum Gasteiger partial charge on any atom is -0.394 e. The smallest absolute Gasteiger partial charge is 0.279 e. The Morgan fingerprint density at radius 1 is 0.756 bits per heavy atom. The second-order valence-corrected chi connectivity index (χ2v) is 13.8. The standard InChI is InChI=1S/C18H34O10.C11H14N2O4/c1-18(2,3)5-4-8-12(22)16(13(23)10(7-20)26-8)28-17-15(25)14(24)11(21)9(6-19)27-17;1-11(2,3)7-8-4-5-9(12(14)15)6-10(8)13(16)17/h8-17,19-25H,4-7H2,1-3H3;4-6H,7H2,1-3H3/t8-,9?,10?,11-,12?,13-,14-,15?,16+,17+;/m0./s1. The molecule has 0 radical (unpaired) electrons. The maximum atomic E-state index is 10.9. The number of non-ortho nitro benzene ring substituents is 1. The summed E-state index contributed by atoms with van der Waals surface area (Å²) in [5.41, 5.74) is -0.0564. The molecule has 2 aliphatic heterocycles. The molecule has 0 aromatic heterocycles. The zero-order valence-corrected chi connectivity index (χ0v) is 26.4. The summed E-state index contributed by atoms with van der Waals surface area (Å²) in [6.45, 7) is 10.8. The lowest BCUT2D eigenvalue weighted by atomic mass is 9.85. The van der Waals surface area contributed by atoms with Crippen LogP contribution in [0.1, 0.15) is 59.9 Å². The van der Waals surface area contributed by atoms with Crippen LogP contribution in [0.2, 0.25) is 0 Å². The van der Waals surface area contributed by atoms with Gasteiger partial charge >= 0.3 is 0 Å². The lowest BCUT2D eigenvalue weighted by molar-refractivity contribution is -0.394. The topological polar surface area (TPSA) is 256 Å². The summed E-state index contributed by atoms with van der Waals surface area (Å²) >= 11 is 0. The van der Waals surface area contributed by atoms with Gasteiger partial charge in [-0.25, -0.2) is 0 Å². The quantitative estimate of drug-likeness (QED) is 0.143. The molecule has 1 aromatic carbocycles. The van der Waals surface area contributed by atoms with Crippen LogP contribution in [0.25, 0.3) is 0 Å². The van der Waals surface area contributed by atoms with Gasteiger partial charge in [0.05, 0.1) is 35.2 Å². The summed E-state index contributed by atoms with van der Waals surface area (Å²) in [6.07, 6.45) is -11.6. The van der Waals surface area contributed by atoms with Gasteiger partial charge in [0.25, 0.3) is 11.4 Å². The van der Waals surface area contributed by atoms with Crippen molar-refractivity contribution in [1.29, 1.82) is 0 Å². The average Bonchev–Trinajstić information content (AvgIpc) is 2.93. The number of nitro benzene ring substituents is 2. The third-order valence-corrected chi connectivity index (χ3v) is 7.48. The van der Waals surface area contributed by atoms with Crippen LogP contribution in [-0.4, -0.2) is 120 Å². The number of benzene rings is 1. The van der Waals surface area contributed by atoms with E-state index in [0.29, 0.717) is 24.8 Å². The van der Waals surface area contributed by atoms with Crippen LogP contribution in [0, 0.1) is 31.1 Å². The van der Waals surface area contributed by atoms with E-state index in [0.717, 1.165) is 6.07 Å². The van der Waals surface area contributed by atoms with Gasteiger partial charge in [0.2, 0.25) is 0 Å². The van der Waals surface area contributed by atoms with E-state index in [1.807, 2.05) is 41.5 Å². The lowest BCUT2D eigenvalue weighted by Gasteiger charge is -2.46. The van der Waals surface area contributed by atoms with E-state index in [-0.39, 0.29) is 22.2 Å². The molecule has 0 bridgehead atoms. The van der Waals surface area contributed by atoms with Crippen molar-refractivity contribution in [3.8, 4) is 0 Å². The minimum absolute atomic E-state index is 0.0263. The summed E-state index contributed by atoms with van der Waals surface area (Å²) in [7, 11) is 0. The van der Waals surface area contributed by atoms with Gasteiger partial charge in [-0.2, -0.15) is 0 Å². The molecular weight excluding hydrogens is 600 g/mol. The summed E-state index contributed by atoms with van der Waals surface area (Å²) in [6, 6.07) is 3.77. The Kier molecular flexibility index (Phi) is 13.8. The highest BCUT2D eigenvalue weighted by molar-refractivity contribution is 5.49. The van der Waals surface area contributed by atoms with Crippen molar-refractivity contribution in [2.45, 2.75) is 122 Å². The number of aliphatic hydroxyl groups is 7. The summed E-state index contributed by atoms with van der Waals surface area (Å²) in [5, 5.41) is 91.2. The first-order valence-electron chi connectivity index (χ1n) is 14.7. The summed E-state index contributed by atoms with van der Waals surface area (Å²) in [5.74, 6) is 0. The fourth-order valence-electron chi connectivity index (χ4n) is 5.03. The molecule has 7 N–H and O–H groups in total. The third-order valence-electron chi connectivity index (χ3n) is 7.48. The fourth-order valence-corrected chi connectivity index (χ4v) is 5.03. The van der Waals surface area contributed by atoms with E-state index in [9.17, 15) is 56.0 Å². The van der Waals surface area contributed by atoms with Crippen molar-refractivity contribution in [3.05, 3.63) is 44.0 Å². The maximum absolute atomic E-state index is 10.9. The van der Waals surface area contributed by atoms with E-state index in [4.69, 9.17) is 14.2 Å². The Morgan fingerprint density at radius 2 is 1.31 bits per heavy atom. The molecule has 16 heteroatoms. The van der Waals surface area contributed by atoms with Gasteiger partial charge in [-0.05, 0) is 36.2 Å². The van der Waals surface area contributed by atoms with Gasteiger partial charge in [-0.1, -0.05) is 41.5 Å². The van der Waals surface area contributed by atoms with Gasteiger partial charge in [-0.15, -0.1) is 0 Å². The van der Waals surface area contributed by atoms with Crippen LogP contribution in [0.15, 0.2) is 18.2 Å². The van der Waals surface area contributed by atoms with Crippen LogP contribution in [0.4, 0.5) is 11.4 Å². The van der Waals surface area contributed by atoms with Crippen LogP contribution in [0.5, 0.6) is 0 Å². The Hall–Kier alpha value is -2.38. The van der Waals surface area contributed by atoms with Gasteiger partial charge in [-0.3, -0.25) is 20.2 Å². The van der Waals surface area contributed by atoms with Gasteiger partial charge in [0.1, 0.15) is 48.8 Å². The lowest BCUT2D eigenvalue weighted by Crippen LogP contribution is -2.64. The SMILES string of the molecule is CC(C)(C)CC[C@@H]1OC(CO)[C@H](O)[C@H](O[C@H]2OC(CO)[C@H](O)[C@H](O)C2O)C1O.CC(C)(C)Cc1ccc([N+](=O)[O-])cc1[N+](=O)[O-]. The second kappa shape index (κ2) is 15.9. The zero-order valence-electron chi connectivity index (χ0n) is 26.4. The Bertz CT molecular complexity index is 1120. The Labute approximate surface area is 261 Å². The van der Waals surface area contributed by atoms with E-state index < -0.39 is 84.3 Å². The average molecular weight is 649 g/mol. The molecule has 258 valence electrons. The van der Waals surface area contributed by atoms with Crippen LogP contribution in [0.3, 0.4) is 0 Å². The number of ether oxygens (including phenoxy) is 3. The van der Waals surface area contributed by atoms with Crippen LogP contribution in [-0.2, 0) is 20.6 Å². The van der Waals surface area contributed by atoms with Crippen molar-refractivity contribution >= 4 is 11.4 Å². The molecule has 16 nitrogen and oxygen atoms in total. The van der Waals surface area contributed by atoms with Crippen LogP contribution < -0.4 is 0 Å². The molecule has 2 aliphatic rings. The van der Waals surface area contributed by atoms with Crippen LogP contribution >= 0.6 is 0 Å². The zero-order chi connectivity index (χ0) is 34.4. The highest BCUT2D eigenvalue weighted by Crippen LogP contribution is 2.33. The summed E-state index contributed by atoms with van der Waals surface area (Å²) in [4.78, 5) is 20.2. The normalized spacial score (nSPS) is 32.4. The molecule has 0 spiro atoms. The van der Waals surface area contributed by atoms with Gasteiger partial charge in [0, 0.05) is 11.6 Å². The first-order valence-corrected chi connectivity index (χ1v) is 14.7. The van der Waals surface area contributed by atoms with Crippen molar-refractivity contribution in [3.63, 3.8) is 0 Å². The van der Waals surface area contributed by atoms with Crippen molar-refractivity contribution in [1.82, 2.24) is 0 Å². The van der Waals surface area contributed by atoms with Crippen molar-refractivity contribution in [2.75, 3.05) is 13.2 Å². The molecule has 4 unspecified atom stereocenters. The number of nitro groups is 2. The summed E-state index contributed by atoms with van der Waals surface area (Å²) < 4.78 is 16.5. The Balaban J connectivity index is 0.000000355. The molecule has 0 amide bonds. The van der Waals surface area contributed by atoms with Gasteiger partial charge < -0.3 is 50.0 Å². The predicted molar refractivity (Wildman–Crippen MR) is 158 cm³/mol. The molecule has 45 heavy (non-hydrogen) atoms. The van der Waals surface area contributed by atoms with Gasteiger partial charge in [0.15, 0.2) is 6.29 Å². The molecule has 10 atom stereocenters. The first-order chi connectivity index (χ1) is 20.7. The van der Waals surface area contributed by atoms with E-state index in [2.05, 4.69) is 0 Å². The third kappa shape index (κ3) is 10.8. The monoisotopic (exact) mass is 648 g/mol. The van der Waals surface area contributed by atoms with Crippen molar-refractivity contribution in [2.24, 2.45) is 10.8 Å². The first kappa shape index (κ1) is 38.8. The number of hydrogen-bond acceptors (Lipinski definition) is 14. The fraction of sp³-hybridized carbons (Fsp3) is 0.793. The predicted octanol–water partition coefficient (Wildman–Crippen LogP) is 0.571. The van der Waals surface area contributed by atoms with Crippen molar-refractivity contribution < 1.29 is 59.8 Å². The molecule has 0 aliphatic carbocycles. The largest absolute Gasteiger partial charge is 0.394 e. The highest BCUT2D eigenvalue weighted by Gasteiger charge is 2.50. The second-order valence-electron chi connectivity index (χ2n) is 13.8. The molecule has 1 aromatic rings. The van der Waals surface area contributed by atoms with E-state index >= 15 is 0 Å². The molecule has 0 saturated carbocycles. The number of rotatable bonds is 9. The molecule has 2 saturated heterocycles. The maximum Gasteiger partial charge on any atom is 0.279 e. The number of nitrogens with zero attached hydrogens (tertiary/aromatic N) is 2. The number of aliphatic hydroxyl groups excluding tert-OH is 7. The van der Waals surface area contributed by atoms with E-state index in [1.54, 1.807) is 0 Å². The number of hydrogen-bond donors (Lipinski definition) is 7. The highest BCUT2D eigenvalue weighted by atomic mass is 16.7. The Morgan fingerprint density at radius 3 is 1.80 bits per heavy atom. The molecule has 2 fully saturated rings. The molecule has 2 heterocycles. The minimum atomic E-state index is -1.67. The van der Waals surface area contributed by atoms with E-state index in [1.165, 1.54) is 12.1 Å². The molecule has 3 rings (SSSR count).